The molecule has 1 fully saturated rings. The fourth-order valence-corrected chi connectivity index (χ4v) is 2.51. The molecule has 23 heavy (non-hydrogen) atoms. The van der Waals surface area contributed by atoms with E-state index in [2.05, 4.69) is 5.32 Å². The Morgan fingerprint density at radius 2 is 1.74 bits per heavy atom. The molecular weight excluding hydrogens is 294 g/mol. The van der Waals surface area contributed by atoms with E-state index >= 15 is 0 Å². The highest BCUT2D eigenvalue weighted by Crippen LogP contribution is 2.24. The Labute approximate surface area is 136 Å². The molecule has 0 saturated carbocycles. The molecule has 0 atom stereocenters. The Bertz CT molecular complexity index is 605. The molecule has 1 aliphatic heterocycles. The number of hydrogen-bond donors (Lipinski definition) is 1. The third-order valence-corrected chi connectivity index (χ3v) is 4.25. The summed E-state index contributed by atoms with van der Waals surface area (Å²) in [4.78, 5) is 39.3. The maximum atomic E-state index is 12.7. The normalized spacial score (nSPS) is 15.3. The molecule has 0 spiro atoms. The van der Waals surface area contributed by atoms with Crippen LogP contribution in [0.3, 0.4) is 0 Å². The zero-order valence-corrected chi connectivity index (χ0v) is 13.8. The molecule has 1 aliphatic rings. The summed E-state index contributed by atoms with van der Waals surface area (Å²) < 4.78 is 0. The molecule has 2 rings (SSSR count). The minimum atomic E-state index is -1.16. The van der Waals surface area contributed by atoms with E-state index in [-0.39, 0.29) is 11.8 Å². The summed E-state index contributed by atoms with van der Waals surface area (Å²) in [7, 11) is 0. The average molecular weight is 317 g/mol. The second kappa shape index (κ2) is 6.81. The predicted molar refractivity (Wildman–Crippen MR) is 87.8 cm³/mol. The first-order valence-electron chi connectivity index (χ1n) is 7.72. The maximum absolute atomic E-state index is 12.7. The second-order valence-corrected chi connectivity index (χ2v) is 6.33. The molecule has 1 aromatic rings. The number of rotatable bonds is 4. The molecule has 124 valence electrons. The Hall–Kier alpha value is -2.37. The van der Waals surface area contributed by atoms with Crippen LogP contribution in [-0.4, -0.2) is 54.2 Å². The quantitative estimate of drug-likeness (QED) is 0.671. The van der Waals surface area contributed by atoms with Crippen LogP contribution in [0, 0.1) is 12.3 Å². The lowest BCUT2D eigenvalue weighted by Crippen LogP contribution is -2.54. The molecule has 6 heteroatoms. The Kier molecular flexibility index (Phi) is 5.03. The van der Waals surface area contributed by atoms with Crippen LogP contribution in [0.5, 0.6) is 0 Å². The number of amides is 3. The van der Waals surface area contributed by atoms with Crippen LogP contribution in [0.25, 0.3) is 0 Å². The summed E-state index contributed by atoms with van der Waals surface area (Å²) in [5, 5.41) is 2.84. The molecule has 0 bridgehead atoms. The highest BCUT2D eigenvalue weighted by Gasteiger charge is 2.40. The predicted octanol–water partition coefficient (Wildman–Crippen LogP) is 1.26. The van der Waals surface area contributed by atoms with Gasteiger partial charge in [0.25, 0.3) is 0 Å². The van der Waals surface area contributed by atoms with Gasteiger partial charge >= 0.3 is 0 Å². The van der Waals surface area contributed by atoms with Crippen molar-refractivity contribution in [2.45, 2.75) is 20.8 Å². The molecule has 0 unspecified atom stereocenters. The zero-order chi connectivity index (χ0) is 17.0. The van der Waals surface area contributed by atoms with Gasteiger partial charge in [0.2, 0.25) is 18.2 Å². The van der Waals surface area contributed by atoms with E-state index in [9.17, 15) is 14.4 Å². The van der Waals surface area contributed by atoms with Gasteiger partial charge in [-0.3, -0.25) is 14.4 Å². The van der Waals surface area contributed by atoms with E-state index in [1.165, 1.54) is 0 Å². The van der Waals surface area contributed by atoms with E-state index in [0.29, 0.717) is 31.9 Å². The van der Waals surface area contributed by atoms with Gasteiger partial charge in [-0.05, 0) is 32.4 Å². The number of piperazine rings is 1. The van der Waals surface area contributed by atoms with E-state index < -0.39 is 5.41 Å². The molecule has 0 radical (unpaired) electrons. The highest BCUT2D eigenvalue weighted by atomic mass is 16.2. The van der Waals surface area contributed by atoms with Gasteiger partial charge in [0.15, 0.2) is 0 Å². The van der Waals surface area contributed by atoms with Crippen molar-refractivity contribution in [2.75, 3.05) is 31.5 Å². The van der Waals surface area contributed by atoms with Gasteiger partial charge in [-0.15, -0.1) is 0 Å². The lowest BCUT2D eigenvalue weighted by molar-refractivity contribution is -0.148. The van der Waals surface area contributed by atoms with E-state index in [0.717, 1.165) is 12.0 Å². The number of carbonyl (C=O) groups excluding carboxylic acids is 3. The first-order valence-corrected chi connectivity index (χ1v) is 7.72. The first kappa shape index (κ1) is 17.0. The summed E-state index contributed by atoms with van der Waals surface area (Å²) in [6.07, 6.45) is 0.790. The van der Waals surface area contributed by atoms with E-state index in [1.54, 1.807) is 23.6 Å². The van der Waals surface area contributed by atoms with Crippen molar-refractivity contribution < 1.29 is 14.4 Å². The molecule has 0 aromatic heterocycles. The minimum Gasteiger partial charge on any atom is -0.342 e. The number of carbonyl (C=O) groups is 3. The number of para-hydroxylation sites is 1. The van der Waals surface area contributed by atoms with Crippen molar-refractivity contribution in [2.24, 2.45) is 5.41 Å². The zero-order valence-electron chi connectivity index (χ0n) is 13.8. The van der Waals surface area contributed by atoms with Crippen LogP contribution in [0.15, 0.2) is 24.3 Å². The Morgan fingerprint density at radius 3 is 2.30 bits per heavy atom. The van der Waals surface area contributed by atoms with Crippen molar-refractivity contribution in [1.82, 2.24) is 9.80 Å². The summed E-state index contributed by atoms with van der Waals surface area (Å²) in [6.45, 7) is 7.10. The fraction of sp³-hybridized carbons (Fsp3) is 0.471. The number of aryl methyl sites for hydroxylation is 1. The number of nitrogens with one attached hydrogen (secondary N) is 1. The molecule has 6 nitrogen and oxygen atoms in total. The molecule has 1 aromatic carbocycles. The van der Waals surface area contributed by atoms with Gasteiger partial charge in [-0.25, -0.2) is 0 Å². The van der Waals surface area contributed by atoms with Crippen LogP contribution in [0.4, 0.5) is 5.69 Å². The fourth-order valence-electron chi connectivity index (χ4n) is 2.51. The third kappa shape index (κ3) is 3.70. The summed E-state index contributed by atoms with van der Waals surface area (Å²) in [5.74, 6) is -0.538. The number of hydrogen-bond acceptors (Lipinski definition) is 3. The van der Waals surface area contributed by atoms with E-state index in [1.807, 2.05) is 31.2 Å². The Morgan fingerprint density at radius 1 is 1.13 bits per heavy atom. The van der Waals surface area contributed by atoms with Gasteiger partial charge in [0, 0.05) is 31.9 Å². The molecule has 1 N–H and O–H groups in total. The van der Waals surface area contributed by atoms with Gasteiger partial charge < -0.3 is 15.1 Å². The number of anilines is 1. The number of benzene rings is 1. The maximum Gasteiger partial charge on any atom is 0.239 e. The van der Waals surface area contributed by atoms with Gasteiger partial charge in [0.1, 0.15) is 5.41 Å². The summed E-state index contributed by atoms with van der Waals surface area (Å²) >= 11 is 0. The average Bonchev–Trinajstić information content (AvgIpc) is 2.56. The van der Waals surface area contributed by atoms with Crippen LogP contribution in [-0.2, 0) is 14.4 Å². The van der Waals surface area contributed by atoms with Crippen molar-refractivity contribution in [3.63, 3.8) is 0 Å². The first-order chi connectivity index (χ1) is 10.9. The van der Waals surface area contributed by atoms with Crippen LogP contribution in [0.2, 0.25) is 0 Å². The third-order valence-electron chi connectivity index (χ3n) is 4.25. The summed E-state index contributed by atoms with van der Waals surface area (Å²) in [5.41, 5.74) is 0.499. The largest absolute Gasteiger partial charge is 0.342 e. The van der Waals surface area contributed by atoms with Crippen molar-refractivity contribution in [3.8, 4) is 0 Å². The van der Waals surface area contributed by atoms with Crippen LogP contribution < -0.4 is 5.32 Å². The molecule has 1 saturated heterocycles. The molecule has 1 heterocycles. The van der Waals surface area contributed by atoms with Crippen molar-refractivity contribution in [3.05, 3.63) is 29.8 Å². The molecule has 3 amide bonds. The lowest BCUT2D eigenvalue weighted by Gasteiger charge is -2.36. The minimum absolute atomic E-state index is 0.214. The number of nitrogens with zero attached hydrogens (tertiary/aromatic N) is 2. The Balaban J connectivity index is 2.05. The van der Waals surface area contributed by atoms with Crippen molar-refractivity contribution >= 4 is 23.9 Å². The smallest absolute Gasteiger partial charge is 0.239 e. The van der Waals surface area contributed by atoms with Crippen molar-refractivity contribution in [1.29, 1.82) is 0 Å². The summed E-state index contributed by atoms with van der Waals surface area (Å²) in [6, 6.07) is 7.46. The van der Waals surface area contributed by atoms with Crippen LogP contribution in [0.1, 0.15) is 19.4 Å². The van der Waals surface area contributed by atoms with Gasteiger partial charge in [-0.2, -0.15) is 0 Å². The van der Waals surface area contributed by atoms with E-state index in [4.69, 9.17) is 0 Å². The second-order valence-electron chi connectivity index (χ2n) is 6.33. The monoisotopic (exact) mass is 317 g/mol. The highest BCUT2D eigenvalue weighted by molar-refractivity contribution is 6.10. The topological polar surface area (TPSA) is 69.7 Å². The standard InChI is InChI=1S/C17H23N3O3/c1-13-6-4-5-7-14(13)18-15(22)17(2,3)16(23)20-10-8-19(12-21)9-11-20/h4-7,12H,8-11H2,1-3H3,(H,18,22). The SMILES string of the molecule is Cc1ccccc1NC(=O)C(C)(C)C(=O)N1CCN(C=O)CC1. The van der Waals surface area contributed by atoms with Gasteiger partial charge in [0.05, 0.1) is 0 Å². The van der Waals surface area contributed by atoms with Crippen LogP contribution >= 0.6 is 0 Å². The lowest BCUT2D eigenvalue weighted by atomic mass is 9.89. The van der Waals surface area contributed by atoms with Gasteiger partial charge in [-0.1, -0.05) is 18.2 Å². The molecule has 0 aliphatic carbocycles. The molecular formula is C17H23N3O3.